The summed E-state index contributed by atoms with van der Waals surface area (Å²) in [7, 11) is 0. The first-order valence-electron chi connectivity index (χ1n) is 9.16. The summed E-state index contributed by atoms with van der Waals surface area (Å²) in [6.45, 7) is 7.03. The second-order valence-electron chi connectivity index (χ2n) is 7.63. The van der Waals surface area contributed by atoms with Crippen molar-refractivity contribution < 1.29 is 18.7 Å². The van der Waals surface area contributed by atoms with E-state index in [1.54, 1.807) is 11.0 Å². The number of carbonyl (C=O) groups excluding carboxylic acids is 1. The number of azide groups is 1. The van der Waals surface area contributed by atoms with Gasteiger partial charge in [-0.15, -0.1) is 0 Å². The molecule has 2 atom stereocenters. The number of piperidine rings is 1. The number of benzene rings is 1. The van der Waals surface area contributed by atoms with Gasteiger partial charge in [-0.05, 0) is 56.8 Å². The highest BCUT2D eigenvalue weighted by Crippen LogP contribution is 2.33. The highest BCUT2D eigenvalue weighted by molar-refractivity contribution is 5.68. The number of halogens is 1. The maximum absolute atomic E-state index is 13.7. The van der Waals surface area contributed by atoms with Crippen molar-refractivity contribution in [2.45, 2.75) is 45.3 Å². The number of nitrogens with zero attached hydrogens (tertiary/aromatic N) is 4. The van der Waals surface area contributed by atoms with Crippen LogP contribution in [0.3, 0.4) is 0 Å². The Morgan fingerprint density at radius 2 is 2.26 bits per heavy atom. The summed E-state index contributed by atoms with van der Waals surface area (Å²) >= 11 is 0. The van der Waals surface area contributed by atoms with Gasteiger partial charge < -0.3 is 14.4 Å². The van der Waals surface area contributed by atoms with E-state index in [0.717, 1.165) is 12.8 Å². The fourth-order valence-electron chi connectivity index (χ4n) is 3.20. The van der Waals surface area contributed by atoms with Crippen molar-refractivity contribution in [2.75, 3.05) is 26.2 Å². The number of rotatable bonds is 6. The molecule has 0 radical (unpaired) electrons. The average Bonchev–Trinajstić information content (AvgIpc) is 2.60. The Labute approximate surface area is 159 Å². The lowest BCUT2D eigenvalue weighted by Gasteiger charge is -2.37. The van der Waals surface area contributed by atoms with Crippen LogP contribution in [-0.2, 0) is 9.47 Å². The predicted molar refractivity (Wildman–Crippen MR) is 99.6 cm³/mol. The zero-order valence-electron chi connectivity index (χ0n) is 16.1. The molecule has 0 saturated carbocycles. The van der Waals surface area contributed by atoms with Crippen molar-refractivity contribution in [1.29, 1.82) is 0 Å². The lowest BCUT2D eigenvalue weighted by Crippen LogP contribution is -2.44. The standard InChI is InChI=1S/C19H27FN4O3/c1-19(2,3)27-18(25)24-10-5-7-15(13-24)17(26-11-9-22-23-21)14-6-4-8-16(20)12-14/h4,6,8,12,15,17H,5,7,9-11,13H2,1-3H3/t15-,17+/m1/s1. The fourth-order valence-corrected chi connectivity index (χ4v) is 3.20. The van der Waals surface area contributed by atoms with Crippen LogP contribution in [0.1, 0.15) is 45.3 Å². The fraction of sp³-hybridized carbons (Fsp3) is 0.632. The largest absolute Gasteiger partial charge is 0.444 e. The van der Waals surface area contributed by atoms with Crippen molar-refractivity contribution in [2.24, 2.45) is 11.0 Å². The Morgan fingerprint density at radius 1 is 1.48 bits per heavy atom. The molecule has 1 aliphatic rings. The van der Waals surface area contributed by atoms with Crippen LogP contribution in [0.4, 0.5) is 9.18 Å². The van der Waals surface area contributed by atoms with Gasteiger partial charge in [0.2, 0.25) is 0 Å². The molecule has 8 heteroatoms. The predicted octanol–water partition coefficient (Wildman–Crippen LogP) is 4.84. The molecule has 0 aliphatic carbocycles. The SMILES string of the molecule is CC(C)(C)OC(=O)N1CCC[C@@H]([C@@H](OCCN=[N+]=[N-])c2cccc(F)c2)C1. The highest BCUT2D eigenvalue weighted by atomic mass is 19.1. The van der Waals surface area contributed by atoms with Crippen molar-refractivity contribution in [1.82, 2.24) is 4.90 Å². The third kappa shape index (κ3) is 6.73. The quantitative estimate of drug-likeness (QED) is 0.307. The normalized spacial score (nSPS) is 18.5. The number of ether oxygens (including phenoxy) is 2. The lowest BCUT2D eigenvalue weighted by atomic mass is 9.88. The molecule has 1 heterocycles. The third-order valence-corrected chi connectivity index (χ3v) is 4.27. The van der Waals surface area contributed by atoms with Crippen LogP contribution < -0.4 is 0 Å². The molecule has 0 aromatic heterocycles. The molecule has 0 bridgehead atoms. The lowest BCUT2D eigenvalue weighted by molar-refractivity contribution is -0.0234. The van der Waals surface area contributed by atoms with Crippen LogP contribution in [0.2, 0.25) is 0 Å². The summed E-state index contributed by atoms with van der Waals surface area (Å²) in [6.07, 6.45) is 0.927. The van der Waals surface area contributed by atoms with Crippen molar-refractivity contribution in [3.05, 3.63) is 46.1 Å². The van der Waals surface area contributed by atoms with Gasteiger partial charge in [0, 0.05) is 30.5 Å². The molecule has 1 saturated heterocycles. The van der Waals surface area contributed by atoms with Gasteiger partial charge in [0.25, 0.3) is 0 Å². The van der Waals surface area contributed by atoms with E-state index in [2.05, 4.69) is 10.0 Å². The van der Waals surface area contributed by atoms with Crippen LogP contribution in [0.15, 0.2) is 29.4 Å². The van der Waals surface area contributed by atoms with E-state index < -0.39 is 5.60 Å². The van der Waals surface area contributed by atoms with E-state index in [4.69, 9.17) is 15.0 Å². The first-order valence-corrected chi connectivity index (χ1v) is 9.16. The Hall–Kier alpha value is -2.31. The van der Waals surface area contributed by atoms with E-state index >= 15 is 0 Å². The summed E-state index contributed by atoms with van der Waals surface area (Å²) in [5.74, 6) is -0.338. The molecule has 2 rings (SSSR count). The molecule has 0 N–H and O–H groups in total. The molecule has 0 unspecified atom stereocenters. The molecule has 148 valence electrons. The minimum Gasteiger partial charge on any atom is -0.444 e. The van der Waals surface area contributed by atoms with Gasteiger partial charge in [0.15, 0.2) is 0 Å². The molecule has 0 spiro atoms. The number of hydrogen-bond acceptors (Lipinski definition) is 4. The van der Waals surface area contributed by atoms with E-state index in [0.29, 0.717) is 18.7 Å². The monoisotopic (exact) mass is 378 g/mol. The Balaban J connectivity index is 2.13. The van der Waals surface area contributed by atoms with Gasteiger partial charge in [-0.2, -0.15) is 0 Å². The van der Waals surface area contributed by atoms with E-state index in [1.807, 2.05) is 26.8 Å². The number of amides is 1. The van der Waals surface area contributed by atoms with Gasteiger partial charge in [-0.25, -0.2) is 9.18 Å². The van der Waals surface area contributed by atoms with Crippen molar-refractivity contribution >= 4 is 6.09 Å². The van der Waals surface area contributed by atoms with Crippen LogP contribution in [0, 0.1) is 11.7 Å². The van der Waals surface area contributed by atoms with Gasteiger partial charge in [0.1, 0.15) is 11.4 Å². The summed E-state index contributed by atoms with van der Waals surface area (Å²) in [6, 6.07) is 6.29. The van der Waals surface area contributed by atoms with Gasteiger partial charge in [-0.3, -0.25) is 0 Å². The zero-order chi connectivity index (χ0) is 19.9. The molecule has 1 aromatic carbocycles. The number of carbonyl (C=O) groups is 1. The molecule has 27 heavy (non-hydrogen) atoms. The van der Waals surface area contributed by atoms with Crippen LogP contribution in [-0.4, -0.2) is 42.8 Å². The molecule has 1 aliphatic heterocycles. The van der Waals surface area contributed by atoms with Crippen LogP contribution in [0.5, 0.6) is 0 Å². The van der Waals surface area contributed by atoms with Gasteiger partial charge in [-0.1, -0.05) is 17.2 Å². The maximum atomic E-state index is 13.7. The summed E-state index contributed by atoms with van der Waals surface area (Å²) in [5.41, 5.74) is 8.57. The first-order chi connectivity index (χ1) is 12.8. The molecular formula is C19H27FN4O3. The number of likely N-dealkylation sites (tertiary alicyclic amines) is 1. The molecule has 1 fully saturated rings. The zero-order valence-corrected chi connectivity index (χ0v) is 16.1. The molecular weight excluding hydrogens is 351 g/mol. The van der Waals surface area contributed by atoms with Crippen LogP contribution in [0.25, 0.3) is 10.4 Å². The third-order valence-electron chi connectivity index (χ3n) is 4.27. The molecule has 1 aromatic rings. The van der Waals surface area contributed by atoms with Gasteiger partial charge >= 0.3 is 6.09 Å². The first kappa shape index (κ1) is 21.0. The van der Waals surface area contributed by atoms with E-state index in [9.17, 15) is 9.18 Å². The van der Waals surface area contributed by atoms with E-state index in [1.165, 1.54) is 12.1 Å². The Bertz CT molecular complexity index is 686. The summed E-state index contributed by atoms with van der Waals surface area (Å²) in [5, 5.41) is 3.48. The van der Waals surface area contributed by atoms with Crippen molar-refractivity contribution in [3.63, 3.8) is 0 Å². The molecule has 1 amide bonds. The maximum Gasteiger partial charge on any atom is 0.410 e. The average molecular weight is 378 g/mol. The van der Waals surface area contributed by atoms with E-state index in [-0.39, 0.29) is 37.1 Å². The summed E-state index contributed by atoms with van der Waals surface area (Å²) in [4.78, 5) is 16.8. The smallest absolute Gasteiger partial charge is 0.410 e. The second-order valence-corrected chi connectivity index (χ2v) is 7.63. The minimum absolute atomic E-state index is 0.000802. The highest BCUT2D eigenvalue weighted by Gasteiger charge is 2.33. The number of hydrogen-bond donors (Lipinski definition) is 0. The minimum atomic E-state index is -0.558. The Kier molecular flexibility index (Phi) is 7.45. The van der Waals surface area contributed by atoms with Gasteiger partial charge in [0.05, 0.1) is 12.7 Å². The molecule has 7 nitrogen and oxygen atoms in total. The second kappa shape index (κ2) is 9.58. The Morgan fingerprint density at radius 3 is 2.93 bits per heavy atom. The topological polar surface area (TPSA) is 87.5 Å². The van der Waals surface area contributed by atoms with Crippen molar-refractivity contribution in [3.8, 4) is 0 Å². The summed E-state index contributed by atoms with van der Waals surface area (Å²) < 4.78 is 25.1. The van der Waals surface area contributed by atoms with Crippen LogP contribution >= 0.6 is 0 Å².